The number of benzene rings is 1. The maximum atomic E-state index is 12.3. The van der Waals surface area contributed by atoms with Gasteiger partial charge in [0.05, 0.1) is 0 Å². The molecule has 0 bridgehead atoms. The van der Waals surface area contributed by atoms with Crippen molar-refractivity contribution >= 4 is 31.7 Å². The predicted octanol–water partition coefficient (Wildman–Crippen LogP) is 4.75. The van der Waals surface area contributed by atoms with E-state index in [0.717, 1.165) is 11.3 Å². The van der Waals surface area contributed by atoms with Crippen LogP contribution in [0.4, 0.5) is 0 Å². The van der Waals surface area contributed by atoms with Crippen molar-refractivity contribution in [2.45, 2.75) is 55.3 Å². The Kier molecular flexibility index (Phi) is 9.51. The summed E-state index contributed by atoms with van der Waals surface area (Å²) in [5, 5.41) is 2.04. The molecule has 0 N–H and O–H groups in total. The molecule has 1 aromatic rings. The Balaban J connectivity index is 2.66. The Morgan fingerprint density at radius 3 is 2.47 bits per heavy atom. The van der Waals surface area contributed by atoms with Crippen LogP contribution in [0.3, 0.4) is 0 Å². The number of rotatable bonds is 9. The van der Waals surface area contributed by atoms with Crippen LogP contribution in [0.15, 0.2) is 44.3 Å². The SMILES string of the molecule is CCCC[Te]/C(=C\S(=O)c1ccccc1)CCCC. The molecule has 1 nitrogen and oxygen atoms in total. The fraction of sp³-hybridized carbons (Fsp3) is 0.500. The van der Waals surface area contributed by atoms with Crippen LogP contribution in [0.2, 0.25) is 4.47 Å². The average Bonchev–Trinajstić information content (AvgIpc) is 2.45. The molecule has 0 saturated heterocycles. The molecule has 0 amide bonds. The van der Waals surface area contributed by atoms with E-state index < -0.39 is 10.8 Å². The minimum atomic E-state index is -0.952. The van der Waals surface area contributed by atoms with Crippen LogP contribution in [0.1, 0.15) is 46.0 Å². The van der Waals surface area contributed by atoms with Crippen LogP contribution < -0.4 is 0 Å². The molecule has 0 radical (unpaired) electrons. The Morgan fingerprint density at radius 2 is 1.84 bits per heavy atom. The van der Waals surface area contributed by atoms with E-state index in [4.69, 9.17) is 0 Å². The zero-order valence-corrected chi connectivity index (χ0v) is 15.1. The summed E-state index contributed by atoms with van der Waals surface area (Å²) < 4.78 is 15.2. The third kappa shape index (κ3) is 7.30. The monoisotopic (exact) mass is 394 g/mol. The van der Waals surface area contributed by atoms with E-state index in [1.807, 2.05) is 35.7 Å². The van der Waals surface area contributed by atoms with Crippen molar-refractivity contribution in [2.24, 2.45) is 0 Å². The summed E-state index contributed by atoms with van der Waals surface area (Å²) in [6.45, 7) is 4.46. The zero-order chi connectivity index (χ0) is 13.9. The van der Waals surface area contributed by atoms with Crippen molar-refractivity contribution in [3.63, 3.8) is 0 Å². The second kappa shape index (κ2) is 10.7. The first-order valence-electron chi connectivity index (χ1n) is 7.07. The number of hydrogen-bond acceptors (Lipinski definition) is 1. The topological polar surface area (TPSA) is 17.1 Å². The molecule has 106 valence electrons. The van der Waals surface area contributed by atoms with Gasteiger partial charge in [0.2, 0.25) is 0 Å². The Labute approximate surface area is 130 Å². The van der Waals surface area contributed by atoms with E-state index in [0.29, 0.717) is 0 Å². The predicted molar refractivity (Wildman–Crippen MR) is 85.9 cm³/mol. The van der Waals surface area contributed by atoms with Gasteiger partial charge in [-0.25, -0.2) is 0 Å². The summed E-state index contributed by atoms with van der Waals surface area (Å²) in [4.78, 5) is 0.930. The molecule has 3 heteroatoms. The van der Waals surface area contributed by atoms with Gasteiger partial charge in [0.15, 0.2) is 0 Å². The summed E-state index contributed by atoms with van der Waals surface area (Å²) in [6.07, 6.45) is 6.20. The third-order valence-electron chi connectivity index (χ3n) is 2.78. The summed E-state index contributed by atoms with van der Waals surface area (Å²) in [7, 11) is -0.952. The molecule has 0 aliphatic carbocycles. The van der Waals surface area contributed by atoms with E-state index in [1.165, 1.54) is 33.8 Å². The van der Waals surface area contributed by atoms with E-state index >= 15 is 0 Å². The first-order chi connectivity index (χ1) is 9.27. The first-order valence-corrected chi connectivity index (χ1v) is 11.1. The third-order valence-corrected chi connectivity index (χ3v) is 7.86. The van der Waals surface area contributed by atoms with Gasteiger partial charge in [-0.2, -0.15) is 0 Å². The second-order valence-corrected chi connectivity index (χ2v) is 9.29. The van der Waals surface area contributed by atoms with Crippen molar-refractivity contribution in [3.05, 3.63) is 39.4 Å². The molecule has 1 atom stereocenters. The molecule has 19 heavy (non-hydrogen) atoms. The fourth-order valence-corrected chi connectivity index (χ4v) is 6.73. The molecule has 0 saturated carbocycles. The van der Waals surface area contributed by atoms with Gasteiger partial charge in [-0.1, -0.05) is 0 Å². The standard InChI is InChI=1S/C16H24OSTe/c1-3-5-12-16(19-13-6-4-2)14-18(17)15-10-8-7-9-11-15/h7-11,14H,3-6,12-13H2,1-2H3/b16-14-. The van der Waals surface area contributed by atoms with Crippen LogP contribution in [0, 0.1) is 0 Å². The normalized spacial score (nSPS) is 13.5. The molecule has 1 aromatic carbocycles. The van der Waals surface area contributed by atoms with Crippen LogP contribution in [0.5, 0.6) is 0 Å². The summed E-state index contributed by atoms with van der Waals surface area (Å²) in [5.74, 6) is 0. The van der Waals surface area contributed by atoms with Crippen molar-refractivity contribution < 1.29 is 4.21 Å². The molecule has 0 fully saturated rings. The van der Waals surface area contributed by atoms with Gasteiger partial charge in [0.1, 0.15) is 0 Å². The molecular formula is C16H24OSTe. The van der Waals surface area contributed by atoms with Gasteiger partial charge >= 0.3 is 131 Å². The maximum absolute atomic E-state index is 12.3. The van der Waals surface area contributed by atoms with Crippen molar-refractivity contribution in [1.29, 1.82) is 0 Å². The molecule has 1 rings (SSSR count). The van der Waals surface area contributed by atoms with E-state index in [-0.39, 0.29) is 20.9 Å². The van der Waals surface area contributed by atoms with Gasteiger partial charge in [-0.3, -0.25) is 0 Å². The van der Waals surface area contributed by atoms with E-state index in [2.05, 4.69) is 13.8 Å². The molecule has 0 aliphatic heterocycles. The zero-order valence-electron chi connectivity index (χ0n) is 11.9. The van der Waals surface area contributed by atoms with Crippen LogP contribution in [-0.2, 0) is 10.8 Å². The van der Waals surface area contributed by atoms with Gasteiger partial charge < -0.3 is 0 Å². The molecule has 0 aliphatic rings. The van der Waals surface area contributed by atoms with Gasteiger partial charge in [0.25, 0.3) is 0 Å². The molecule has 0 spiro atoms. The second-order valence-electron chi connectivity index (χ2n) is 4.50. The van der Waals surface area contributed by atoms with Crippen LogP contribution in [-0.4, -0.2) is 25.1 Å². The quantitative estimate of drug-likeness (QED) is 0.438. The molecule has 0 aromatic heterocycles. The van der Waals surface area contributed by atoms with Gasteiger partial charge in [-0.15, -0.1) is 0 Å². The van der Waals surface area contributed by atoms with Gasteiger partial charge in [-0.05, 0) is 0 Å². The van der Waals surface area contributed by atoms with Crippen molar-refractivity contribution in [1.82, 2.24) is 0 Å². The van der Waals surface area contributed by atoms with Gasteiger partial charge in [0, 0.05) is 0 Å². The molecule has 0 heterocycles. The summed E-state index contributed by atoms with van der Waals surface area (Å²) >= 11 is -0.103. The Bertz CT molecular complexity index is 400. The summed E-state index contributed by atoms with van der Waals surface area (Å²) in [5.41, 5.74) is 0. The Hall–Kier alpha value is -0.100. The number of unbranched alkanes of at least 4 members (excludes halogenated alkanes) is 2. The molecular weight excluding hydrogens is 368 g/mol. The average molecular weight is 392 g/mol. The van der Waals surface area contributed by atoms with E-state index in [9.17, 15) is 4.21 Å². The first kappa shape index (κ1) is 17.0. The van der Waals surface area contributed by atoms with Crippen LogP contribution >= 0.6 is 0 Å². The molecule has 1 unspecified atom stereocenters. The summed E-state index contributed by atoms with van der Waals surface area (Å²) in [6, 6.07) is 9.80. The fourth-order valence-electron chi connectivity index (χ4n) is 1.61. The van der Waals surface area contributed by atoms with Crippen LogP contribution in [0.25, 0.3) is 0 Å². The Morgan fingerprint density at radius 1 is 1.16 bits per heavy atom. The van der Waals surface area contributed by atoms with E-state index in [1.54, 1.807) is 0 Å². The van der Waals surface area contributed by atoms with Crippen molar-refractivity contribution in [2.75, 3.05) is 0 Å². The minimum absolute atomic E-state index is 0.103. The number of hydrogen-bond donors (Lipinski definition) is 0. The number of allylic oxidation sites excluding steroid dienone is 1. The van der Waals surface area contributed by atoms with Crippen molar-refractivity contribution in [3.8, 4) is 0 Å².